The second kappa shape index (κ2) is 6.00. The summed E-state index contributed by atoms with van der Waals surface area (Å²) >= 11 is 0. The number of para-hydroxylation sites is 1. The van der Waals surface area contributed by atoms with Crippen LogP contribution in [0.15, 0.2) is 48.5 Å². The first-order valence-corrected chi connectivity index (χ1v) is 7.46. The first-order chi connectivity index (χ1) is 9.83. The molecule has 0 atom stereocenters. The number of hydrogen-bond donors (Lipinski definition) is 1. The van der Waals surface area contributed by atoms with Crippen molar-refractivity contribution in [3.8, 4) is 0 Å². The van der Waals surface area contributed by atoms with Gasteiger partial charge in [0.05, 0.1) is 0 Å². The lowest BCUT2D eigenvalue weighted by Crippen LogP contribution is -2.33. The van der Waals surface area contributed by atoms with E-state index in [1.165, 1.54) is 41.9 Å². The fourth-order valence-corrected chi connectivity index (χ4v) is 2.93. The molecule has 1 heterocycles. The number of rotatable bonds is 4. The van der Waals surface area contributed by atoms with Gasteiger partial charge in [-0.1, -0.05) is 30.3 Å². The molecule has 0 spiro atoms. The molecule has 1 aliphatic heterocycles. The molecule has 0 radical (unpaired) electrons. The molecule has 1 aliphatic rings. The van der Waals surface area contributed by atoms with Gasteiger partial charge in [0, 0.05) is 31.0 Å². The highest BCUT2D eigenvalue weighted by atomic mass is 15.1. The number of hydrogen-bond acceptors (Lipinski definition) is 2. The molecule has 1 N–H and O–H groups in total. The number of fused-ring (bicyclic) bond motifs is 1. The molecule has 0 unspecified atom stereocenters. The van der Waals surface area contributed by atoms with E-state index in [0.717, 1.165) is 13.1 Å². The summed E-state index contributed by atoms with van der Waals surface area (Å²) in [6, 6.07) is 17.4. The number of anilines is 2. The Morgan fingerprint density at radius 2 is 2.00 bits per heavy atom. The lowest BCUT2D eigenvalue weighted by molar-refractivity contribution is 0.698. The van der Waals surface area contributed by atoms with E-state index in [4.69, 9.17) is 0 Å². The highest BCUT2D eigenvalue weighted by Gasteiger charge is 2.15. The van der Waals surface area contributed by atoms with Crippen molar-refractivity contribution in [3.05, 3.63) is 59.7 Å². The first kappa shape index (κ1) is 13.0. The van der Waals surface area contributed by atoms with Crippen LogP contribution in [0.25, 0.3) is 0 Å². The molecule has 0 aromatic heterocycles. The van der Waals surface area contributed by atoms with Gasteiger partial charge in [-0.15, -0.1) is 0 Å². The molecule has 2 aromatic carbocycles. The Balaban J connectivity index is 1.60. The van der Waals surface area contributed by atoms with Gasteiger partial charge in [0.2, 0.25) is 0 Å². The van der Waals surface area contributed by atoms with Crippen LogP contribution in [0, 0.1) is 6.92 Å². The van der Waals surface area contributed by atoms with Gasteiger partial charge in [-0.25, -0.2) is 0 Å². The zero-order valence-electron chi connectivity index (χ0n) is 12.1. The highest BCUT2D eigenvalue weighted by Crippen LogP contribution is 2.26. The molecule has 0 bridgehead atoms. The van der Waals surface area contributed by atoms with Crippen molar-refractivity contribution in [3.63, 3.8) is 0 Å². The molecular formula is C18H22N2. The molecule has 20 heavy (non-hydrogen) atoms. The molecule has 2 heteroatoms. The number of nitrogens with one attached hydrogen (secondary N) is 1. The predicted octanol–water partition coefficient (Wildman–Crippen LogP) is 3.86. The van der Waals surface area contributed by atoms with Gasteiger partial charge < -0.3 is 10.2 Å². The lowest BCUT2D eigenvalue weighted by atomic mass is 10.0. The normalized spacial score (nSPS) is 13.9. The average molecular weight is 266 g/mol. The van der Waals surface area contributed by atoms with Crippen molar-refractivity contribution >= 4 is 11.4 Å². The van der Waals surface area contributed by atoms with Crippen LogP contribution in [0.3, 0.4) is 0 Å². The summed E-state index contributed by atoms with van der Waals surface area (Å²) in [7, 11) is 0. The largest absolute Gasteiger partial charge is 0.383 e. The third kappa shape index (κ3) is 2.96. The van der Waals surface area contributed by atoms with E-state index in [-0.39, 0.29) is 0 Å². The quantitative estimate of drug-likeness (QED) is 0.904. The van der Waals surface area contributed by atoms with Crippen molar-refractivity contribution in [2.24, 2.45) is 0 Å². The van der Waals surface area contributed by atoms with E-state index < -0.39 is 0 Å². The van der Waals surface area contributed by atoms with Gasteiger partial charge in [0.1, 0.15) is 0 Å². The van der Waals surface area contributed by atoms with Crippen LogP contribution in [-0.2, 0) is 6.42 Å². The Bertz CT molecular complexity index is 577. The van der Waals surface area contributed by atoms with Gasteiger partial charge in [-0.2, -0.15) is 0 Å². The monoisotopic (exact) mass is 266 g/mol. The summed E-state index contributed by atoms with van der Waals surface area (Å²) in [5, 5.41) is 3.52. The zero-order valence-corrected chi connectivity index (χ0v) is 12.1. The molecule has 2 aromatic rings. The van der Waals surface area contributed by atoms with E-state index in [1.807, 2.05) is 0 Å². The van der Waals surface area contributed by atoms with Crippen LogP contribution in [0.5, 0.6) is 0 Å². The fourth-order valence-electron chi connectivity index (χ4n) is 2.93. The SMILES string of the molecule is Cc1cccc(NCCN2CCCc3ccccc32)c1. The molecule has 3 rings (SSSR count). The molecule has 0 saturated heterocycles. The summed E-state index contributed by atoms with van der Waals surface area (Å²) in [5.74, 6) is 0. The van der Waals surface area contributed by atoms with Crippen molar-refractivity contribution in [1.29, 1.82) is 0 Å². The smallest absolute Gasteiger partial charge is 0.0399 e. The number of benzene rings is 2. The molecule has 0 amide bonds. The minimum absolute atomic E-state index is 0.984. The van der Waals surface area contributed by atoms with Crippen LogP contribution in [0.4, 0.5) is 11.4 Å². The maximum atomic E-state index is 3.52. The van der Waals surface area contributed by atoms with Gasteiger partial charge in [0.25, 0.3) is 0 Å². The Hall–Kier alpha value is -1.96. The summed E-state index contributed by atoms with van der Waals surface area (Å²) in [4.78, 5) is 2.50. The van der Waals surface area contributed by atoms with Crippen molar-refractivity contribution in [2.75, 3.05) is 29.9 Å². The highest BCUT2D eigenvalue weighted by molar-refractivity contribution is 5.55. The van der Waals surface area contributed by atoms with Crippen LogP contribution < -0.4 is 10.2 Å². The Kier molecular flexibility index (Phi) is 3.91. The van der Waals surface area contributed by atoms with E-state index in [9.17, 15) is 0 Å². The molecule has 104 valence electrons. The number of aryl methyl sites for hydroxylation is 2. The second-order valence-corrected chi connectivity index (χ2v) is 5.52. The van der Waals surface area contributed by atoms with E-state index in [0.29, 0.717) is 0 Å². The summed E-state index contributed by atoms with van der Waals surface area (Å²) in [5.41, 5.74) is 5.44. The van der Waals surface area contributed by atoms with Gasteiger partial charge >= 0.3 is 0 Å². The Labute approximate surface area is 121 Å². The Morgan fingerprint density at radius 1 is 1.10 bits per heavy atom. The first-order valence-electron chi connectivity index (χ1n) is 7.46. The number of nitrogens with zero attached hydrogens (tertiary/aromatic N) is 1. The predicted molar refractivity (Wildman–Crippen MR) is 86.6 cm³/mol. The fraction of sp³-hybridized carbons (Fsp3) is 0.333. The molecule has 0 saturated carbocycles. The van der Waals surface area contributed by atoms with Gasteiger partial charge in [-0.3, -0.25) is 0 Å². The Morgan fingerprint density at radius 3 is 2.90 bits per heavy atom. The van der Waals surface area contributed by atoms with E-state index in [2.05, 4.69) is 65.7 Å². The second-order valence-electron chi connectivity index (χ2n) is 5.52. The molecule has 2 nitrogen and oxygen atoms in total. The summed E-state index contributed by atoms with van der Waals surface area (Å²) < 4.78 is 0. The molecular weight excluding hydrogens is 244 g/mol. The van der Waals surface area contributed by atoms with Crippen LogP contribution >= 0.6 is 0 Å². The van der Waals surface area contributed by atoms with Crippen LogP contribution in [-0.4, -0.2) is 19.6 Å². The zero-order chi connectivity index (χ0) is 13.8. The van der Waals surface area contributed by atoms with Gasteiger partial charge in [-0.05, 0) is 49.1 Å². The maximum Gasteiger partial charge on any atom is 0.0399 e. The minimum Gasteiger partial charge on any atom is -0.383 e. The van der Waals surface area contributed by atoms with Crippen LogP contribution in [0.2, 0.25) is 0 Å². The minimum atomic E-state index is 0.984. The van der Waals surface area contributed by atoms with E-state index >= 15 is 0 Å². The van der Waals surface area contributed by atoms with Crippen LogP contribution in [0.1, 0.15) is 17.5 Å². The average Bonchev–Trinajstić information content (AvgIpc) is 2.48. The van der Waals surface area contributed by atoms with Crippen molar-refractivity contribution in [2.45, 2.75) is 19.8 Å². The third-order valence-electron chi connectivity index (χ3n) is 3.94. The topological polar surface area (TPSA) is 15.3 Å². The summed E-state index contributed by atoms with van der Waals surface area (Å²) in [6.45, 7) is 5.35. The molecule has 0 aliphatic carbocycles. The maximum absolute atomic E-state index is 3.52. The lowest BCUT2D eigenvalue weighted by Gasteiger charge is -2.31. The third-order valence-corrected chi connectivity index (χ3v) is 3.94. The molecule has 0 fully saturated rings. The standard InChI is InChI=1S/C18H22N2/c1-15-6-4-9-17(14-15)19-11-13-20-12-5-8-16-7-2-3-10-18(16)20/h2-4,6-7,9-10,14,19H,5,8,11-13H2,1H3. The van der Waals surface area contributed by atoms with Crippen molar-refractivity contribution < 1.29 is 0 Å². The van der Waals surface area contributed by atoms with Crippen molar-refractivity contribution in [1.82, 2.24) is 0 Å². The van der Waals surface area contributed by atoms with E-state index in [1.54, 1.807) is 0 Å². The van der Waals surface area contributed by atoms with Gasteiger partial charge in [0.15, 0.2) is 0 Å². The summed E-state index contributed by atoms with van der Waals surface area (Å²) in [6.07, 6.45) is 2.49.